The Kier molecular flexibility index (Phi) is 8.50. The number of nitrogens with one attached hydrogen (secondary N) is 1. The van der Waals surface area contributed by atoms with Gasteiger partial charge in [0.1, 0.15) is 18.3 Å². The minimum atomic E-state index is -1.11. The van der Waals surface area contributed by atoms with Crippen molar-refractivity contribution in [2.45, 2.75) is 50.9 Å². The zero-order valence-corrected chi connectivity index (χ0v) is 18.3. The summed E-state index contributed by atoms with van der Waals surface area (Å²) in [6, 6.07) is 9.20. The number of benzene rings is 1. The van der Waals surface area contributed by atoms with E-state index in [1.54, 1.807) is 10.9 Å². The predicted octanol–water partition coefficient (Wildman–Crippen LogP) is -0.422. The van der Waals surface area contributed by atoms with Gasteiger partial charge >= 0.3 is 17.9 Å². The molecule has 4 N–H and O–H groups in total. The highest BCUT2D eigenvalue weighted by Crippen LogP contribution is 2.22. The van der Waals surface area contributed by atoms with E-state index in [1.807, 2.05) is 30.3 Å². The van der Waals surface area contributed by atoms with E-state index in [-0.39, 0.29) is 18.6 Å². The number of carboxylic acids is 3. The Morgan fingerprint density at radius 2 is 1.67 bits per heavy atom. The van der Waals surface area contributed by atoms with Gasteiger partial charge in [-0.2, -0.15) is 0 Å². The smallest absolute Gasteiger partial charge is 0.359 e. The molecule has 33 heavy (non-hydrogen) atoms. The van der Waals surface area contributed by atoms with Crippen molar-refractivity contribution >= 4 is 17.9 Å². The Morgan fingerprint density at radius 3 is 2.30 bits per heavy atom. The highest BCUT2D eigenvalue weighted by atomic mass is 16.4. The molecule has 1 aromatic carbocycles. The van der Waals surface area contributed by atoms with Crippen LogP contribution in [-0.4, -0.2) is 84.8 Å². The number of nitrogens with zero attached hydrogens (tertiary/aromatic N) is 4. The van der Waals surface area contributed by atoms with E-state index in [4.69, 9.17) is 0 Å². The lowest BCUT2D eigenvalue weighted by atomic mass is 9.87. The molecule has 3 unspecified atom stereocenters. The Labute approximate surface area is 191 Å². The van der Waals surface area contributed by atoms with Crippen LogP contribution in [0, 0.1) is 0 Å². The molecule has 0 aliphatic heterocycles. The van der Waals surface area contributed by atoms with Crippen LogP contribution in [0.1, 0.15) is 36.9 Å². The molecule has 11 nitrogen and oxygen atoms in total. The summed E-state index contributed by atoms with van der Waals surface area (Å²) >= 11 is 0. The Hall–Kier alpha value is -3.31. The van der Waals surface area contributed by atoms with Crippen molar-refractivity contribution in [3.63, 3.8) is 0 Å². The summed E-state index contributed by atoms with van der Waals surface area (Å²) in [5.41, 5.74) is 1.70. The summed E-state index contributed by atoms with van der Waals surface area (Å²) in [5, 5.41) is 36.5. The zero-order chi connectivity index (χ0) is 23.8. The van der Waals surface area contributed by atoms with Crippen LogP contribution in [0.5, 0.6) is 0 Å². The first-order chi connectivity index (χ1) is 15.8. The average Bonchev–Trinajstić information content (AvgIpc) is 3.19. The molecule has 1 heterocycles. The number of aliphatic carboxylic acids is 3. The molecule has 0 radical (unpaired) electrons. The summed E-state index contributed by atoms with van der Waals surface area (Å²) in [5.74, 6) is -3.19. The number of hydrogen-bond donors (Lipinski definition) is 4. The highest BCUT2D eigenvalue weighted by Gasteiger charge is 2.39. The molecule has 1 aromatic heterocycles. The number of aromatic nitrogens is 3. The monoisotopic (exact) mass is 460 g/mol. The fourth-order valence-corrected chi connectivity index (χ4v) is 4.68. The summed E-state index contributed by atoms with van der Waals surface area (Å²) in [7, 11) is 0. The summed E-state index contributed by atoms with van der Waals surface area (Å²) in [6.07, 6.45) is 4.80. The van der Waals surface area contributed by atoms with Gasteiger partial charge in [0.25, 0.3) is 0 Å². The molecular weight excluding hydrogens is 430 g/mol. The third-order valence-corrected chi connectivity index (χ3v) is 5.96. The van der Waals surface area contributed by atoms with E-state index in [0.717, 1.165) is 23.3 Å². The highest BCUT2D eigenvalue weighted by molar-refractivity contribution is 5.72. The largest absolute Gasteiger partial charge is 0.480 e. The molecule has 1 fully saturated rings. The first-order valence-corrected chi connectivity index (χ1v) is 11.0. The fraction of sp³-hybridized carbons (Fsp3) is 0.500. The van der Waals surface area contributed by atoms with Crippen molar-refractivity contribution in [2.75, 3.05) is 19.6 Å². The molecule has 11 heteroatoms. The molecule has 1 aliphatic carbocycles. The van der Waals surface area contributed by atoms with Crippen molar-refractivity contribution in [1.29, 1.82) is 0 Å². The Bertz CT molecular complexity index is 934. The number of rotatable bonds is 12. The van der Waals surface area contributed by atoms with E-state index in [0.29, 0.717) is 31.6 Å². The van der Waals surface area contributed by atoms with Crippen molar-refractivity contribution in [3.05, 3.63) is 47.8 Å². The topological polar surface area (TPSA) is 150 Å². The van der Waals surface area contributed by atoms with E-state index >= 15 is 0 Å². The van der Waals surface area contributed by atoms with Crippen LogP contribution in [0.15, 0.2) is 36.5 Å². The molecule has 0 amide bonds. The van der Waals surface area contributed by atoms with Crippen molar-refractivity contribution < 1.29 is 34.6 Å². The van der Waals surface area contributed by atoms with Crippen molar-refractivity contribution in [2.24, 2.45) is 0 Å². The van der Waals surface area contributed by atoms with Crippen LogP contribution in [0.4, 0.5) is 0 Å². The van der Waals surface area contributed by atoms with Crippen molar-refractivity contribution in [3.8, 4) is 0 Å². The minimum absolute atomic E-state index is 0.180. The molecule has 2 aromatic rings. The van der Waals surface area contributed by atoms with E-state index in [2.05, 4.69) is 10.3 Å². The SMILES string of the molecule is O=C(O)CN(CC(=O)O)C1CCCCC1[NH+](CC(=O)O)Cc1cn(Cc2ccccc2)nn1. The Balaban J connectivity index is 1.79. The van der Waals surface area contributed by atoms with Gasteiger partial charge in [0.2, 0.25) is 0 Å². The fourth-order valence-electron chi connectivity index (χ4n) is 4.68. The predicted molar refractivity (Wildman–Crippen MR) is 116 cm³/mol. The lowest BCUT2D eigenvalue weighted by Gasteiger charge is -2.41. The third-order valence-electron chi connectivity index (χ3n) is 5.96. The lowest BCUT2D eigenvalue weighted by molar-refractivity contribution is -0.935. The normalized spacial score (nSPS) is 19.3. The van der Waals surface area contributed by atoms with Gasteiger partial charge in [-0.3, -0.25) is 14.5 Å². The van der Waals surface area contributed by atoms with Gasteiger partial charge in [-0.15, -0.1) is 5.10 Å². The van der Waals surface area contributed by atoms with Gasteiger partial charge in [-0.1, -0.05) is 42.0 Å². The number of hydrogen-bond acceptors (Lipinski definition) is 6. The van der Waals surface area contributed by atoms with E-state index in [9.17, 15) is 29.7 Å². The van der Waals surface area contributed by atoms with Crippen LogP contribution in [0.3, 0.4) is 0 Å². The zero-order valence-electron chi connectivity index (χ0n) is 18.3. The average molecular weight is 461 g/mol. The van der Waals surface area contributed by atoms with Gasteiger partial charge in [-0.05, 0) is 18.4 Å². The summed E-state index contributed by atoms with van der Waals surface area (Å²) in [4.78, 5) is 36.6. The quantitative estimate of drug-likeness (QED) is 0.331. The van der Waals surface area contributed by atoms with Gasteiger partial charge < -0.3 is 20.2 Å². The lowest BCUT2D eigenvalue weighted by Crippen LogP contribution is -3.17. The second-order valence-corrected chi connectivity index (χ2v) is 8.45. The summed E-state index contributed by atoms with van der Waals surface area (Å²) < 4.78 is 1.70. The van der Waals surface area contributed by atoms with Gasteiger partial charge in [0.15, 0.2) is 6.54 Å². The molecule has 3 atom stereocenters. The molecule has 3 rings (SSSR count). The molecule has 178 valence electrons. The first-order valence-electron chi connectivity index (χ1n) is 11.0. The molecule has 0 saturated heterocycles. The Morgan fingerprint density at radius 1 is 1.00 bits per heavy atom. The standard InChI is InChI=1S/C22H29N5O6/c28-20(29)13-25(11-17-12-27(24-23-17)10-16-6-2-1-3-7-16)18-8-4-5-9-19(18)26(14-21(30)31)15-22(32)33/h1-3,6-7,12,18-19H,4-5,8-11,13-15H2,(H,28,29)(H,30,31)(H,32,33)/p+1. The molecule has 0 bridgehead atoms. The second kappa shape index (κ2) is 11.5. The second-order valence-electron chi connectivity index (χ2n) is 8.45. The van der Waals surface area contributed by atoms with Crippen LogP contribution < -0.4 is 4.90 Å². The maximum absolute atomic E-state index is 11.7. The van der Waals surface area contributed by atoms with Crippen LogP contribution in [0.25, 0.3) is 0 Å². The van der Waals surface area contributed by atoms with Gasteiger partial charge in [0.05, 0.1) is 31.9 Å². The molecule has 1 aliphatic rings. The van der Waals surface area contributed by atoms with Crippen LogP contribution in [-0.2, 0) is 27.5 Å². The maximum Gasteiger partial charge on any atom is 0.359 e. The molecule has 1 saturated carbocycles. The van der Waals surface area contributed by atoms with E-state index < -0.39 is 31.0 Å². The summed E-state index contributed by atoms with van der Waals surface area (Å²) in [6.45, 7) is -0.141. The number of carboxylic acid groups (broad SMARTS) is 3. The molecule has 0 spiro atoms. The van der Waals surface area contributed by atoms with Crippen molar-refractivity contribution in [1.82, 2.24) is 19.9 Å². The number of quaternary nitrogens is 1. The van der Waals surface area contributed by atoms with Gasteiger partial charge in [0, 0.05) is 6.42 Å². The molecular formula is C22H30N5O6+. The van der Waals surface area contributed by atoms with E-state index in [1.165, 1.54) is 4.90 Å². The first kappa shape index (κ1) is 24.3. The van der Waals surface area contributed by atoms with Crippen LogP contribution in [0.2, 0.25) is 0 Å². The number of carbonyl (C=O) groups is 3. The van der Waals surface area contributed by atoms with Gasteiger partial charge in [-0.25, -0.2) is 9.48 Å². The van der Waals surface area contributed by atoms with Crippen LogP contribution >= 0.6 is 0 Å². The minimum Gasteiger partial charge on any atom is -0.480 e. The third kappa shape index (κ3) is 7.36. The maximum atomic E-state index is 11.7.